The minimum absolute atomic E-state index is 1.25. The SMILES string of the molecule is C1CCNCC1.C1CCNCC1.PN1CCCCC1. The third-order valence-electron chi connectivity index (χ3n) is 3.80. The van der Waals surface area contributed by atoms with Crippen molar-refractivity contribution < 1.29 is 0 Å². The average molecular weight is 287 g/mol. The third kappa shape index (κ3) is 11.8. The van der Waals surface area contributed by atoms with Gasteiger partial charge in [-0.25, -0.2) is 0 Å². The van der Waals surface area contributed by atoms with E-state index in [0.29, 0.717) is 0 Å². The second kappa shape index (κ2) is 13.3. The van der Waals surface area contributed by atoms with Crippen LogP contribution in [0.3, 0.4) is 0 Å². The van der Waals surface area contributed by atoms with Crippen molar-refractivity contribution in [1.82, 2.24) is 15.3 Å². The van der Waals surface area contributed by atoms with Gasteiger partial charge in [0.15, 0.2) is 0 Å². The lowest BCUT2D eigenvalue weighted by molar-refractivity contribution is 0.379. The highest BCUT2D eigenvalue weighted by atomic mass is 31.0. The van der Waals surface area contributed by atoms with Crippen LogP contribution in [-0.4, -0.2) is 43.9 Å². The zero-order valence-corrected chi connectivity index (χ0v) is 13.8. The quantitative estimate of drug-likeness (QED) is 0.671. The first-order valence-electron chi connectivity index (χ1n) is 8.30. The highest BCUT2D eigenvalue weighted by Gasteiger charge is 2.02. The Kier molecular flexibility index (Phi) is 12.2. The van der Waals surface area contributed by atoms with Crippen LogP contribution >= 0.6 is 9.39 Å². The van der Waals surface area contributed by atoms with E-state index in [1.165, 1.54) is 97.1 Å². The fourth-order valence-corrected chi connectivity index (χ4v) is 2.89. The molecule has 4 heteroatoms. The maximum atomic E-state index is 3.28. The van der Waals surface area contributed by atoms with Gasteiger partial charge in [0, 0.05) is 13.1 Å². The van der Waals surface area contributed by atoms with Crippen molar-refractivity contribution >= 4 is 9.39 Å². The Labute approximate surface area is 122 Å². The summed E-state index contributed by atoms with van der Waals surface area (Å²) in [5.74, 6) is 0. The van der Waals surface area contributed by atoms with E-state index in [0.717, 1.165) is 0 Å². The molecule has 3 heterocycles. The number of hydrogen-bond acceptors (Lipinski definition) is 3. The van der Waals surface area contributed by atoms with Crippen LogP contribution in [0.4, 0.5) is 0 Å². The van der Waals surface area contributed by atoms with Gasteiger partial charge in [0.05, 0.1) is 0 Å². The predicted octanol–water partition coefficient (Wildman–Crippen LogP) is 2.78. The molecule has 0 aromatic rings. The first-order valence-corrected chi connectivity index (χ1v) is 8.82. The molecule has 3 saturated heterocycles. The van der Waals surface area contributed by atoms with E-state index < -0.39 is 0 Å². The Balaban J connectivity index is 0.000000143. The minimum Gasteiger partial charge on any atom is -0.317 e. The molecular formula is C15H34N3P. The average Bonchev–Trinajstić information content (AvgIpc) is 2.53. The summed E-state index contributed by atoms with van der Waals surface area (Å²) >= 11 is 0. The van der Waals surface area contributed by atoms with Crippen molar-refractivity contribution in [1.29, 1.82) is 0 Å². The van der Waals surface area contributed by atoms with Crippen LogP contribution in [0.1, 0.15) is 57.8 Å². The van der Waals surface area contributed by atoms with Gasteiger partial charge in [-0.1, -0.05) is 28.7 Å². The summed E-state index contributed by atoms with van der Waals surface area (Å²) < 4.78 is 2.31. The predicted molar refractivity (Wildman–Crippen MR) is 88.6 cm³/mol. The first-order chi connectivity index (χ1) is 9.39. The van der Waals surface area contributed by atoms with Crippen LogP contribution < -0.4 is 10.6 Å². The number of rotatable bonds is 0. The summed E-state index contributed by atoms with van der Waals surface area (Å²) in [6, 6.07) is 0. The third-order valence-corrected chi connectivity index (χ3v) is 4.32. The first kappa shape index (κ1) is 17.4. The normalized spacial score (nSPS) is 24.5. The van der Waals surface area contributed by atoms with Crippen LogP contribution in [0.15, 0.2) is 0 Å². The molecule has 0 saturated carbocycles. The van der Waals surface area contributed by atoms with Crippen LogP contribution in [-0.2, 0) is 0 Å². The molecule has 1 atom stereocenters. The van der Waals surface area contributed by atoms with Crippen molar-refractivity contribution in [2.75, 3.05) is 39.3 Å². The fraction of sp³-hybridized carbons (Fsp3) is 1.00. The van der Waals surface area contributed by atoms with Gasteiger partial charge >= 0.3 is 0 Å². The summed E-state index contributed by atoms with van der Waals surface area (Å²) in [6.45, 7) is 7.56. The number of nitrogens with one attached hydrogen (secondary N) is 2. The van der Waals surface area contributed by atoms with E-state index in [-0.39, 0.29) is 0 Å². The second-order valence-electron chi connectivity index (χ2n) is 5.72. The lowest BCUT2D eigenvalue weighted by Gasteiger charge is -2.20. The standard InChI is InChI=1S/C5H12NP.2C5H11N/c7-6-4-2-1-3-5-6;2*1-2-4-6-5-3-1/h1-5,7H2;2*6H,1-5H2. The molecule has 0 aromatic heterocycles. The molecule has 0 amide bonds. The summed E-state index contributed by atoms with van der Waals surface area (Å²) in [4.78, 5) is 0. The minimum atomic E-state index is 1.25. The monoisotopic (exact) mass is 287 g/mol. The molecular weight excluding hydrogens is 253 g/mol. The van der Waals surface area contributed by atoms with Gasteiger partial charge in [0.25, 0.3) is 0 Å². The van der Waals surface area contributed by atoms with E-state index in [1.807, 2.05) is 0 Å². The van der Waals surface area contributed by atoms with Gasteiger partial charge in [-0.3, -0.25) is 4.67 Å². The highest BCUT2D eigenvalue weighted by molar-refractivity contribution is 7.13. The summed E-state index contributed by atoms with van der Waals surface area (Å²) in [5.41, 5.74) is 0. The van der Waals surface area contributed by atoms with E-state index >= 15 is 0 Å². The van der Waals surface area contributed by atoms with Gasteiger partial charge in [0.1, 0.15) is 0 Å². The second-order valence-corrected chi connectivity index (χ2v) is 6.45. The number of piperidine rings is 3. The molecule has 3 aliphatic heterocycles. The van der Waals surface area contributed by atoms with Crippen molar-refractivity contribution in [2.24, 2.45) is 0 Å². The zero-order chi connectivity index (χ0) is 13.6. The molecule has 1 unspecified atom stereocenters. The smallest absolute Gasteiger partial charge is 0.00161 e. The van der Waals surface area contributed by atoms with E-state index in [2.05, 4.69) is 24.7 Å². The largest absolute Gasteiger partial charge is 0.317 e. The molecule has 0 bridgehead atoms. The summed E-state index contributed by atoms with van der Waals surface area (Å²) in [5, 5.41) is 6.57. The molecule has 19 heavy (non-hydrogen) atoms. The van der Waals surface area contributed by atoms with Gasteiger partial charge in [-0.05, 0) is 64.7 Å². The van der Waals surface area contributed by atoms with Gasteiger partial charge in [0.2, 0.25) is 0 Å². The van der Waals surface area contributed by atoms with Crippen molar-refractivity contribution in [3.8, 4) is 0 Å². The number of hydrogen-bond donors (Lipinski definition) is 2. The summed E-state index contributed by atoms with van der Waals surface area (Å²) in [6.07, 6.45) is 12.7. The van der Waals surface area contributed by atoms with Gasteiger partial charge in [-0.2, -0.15) is 0 Å². The summed E-state index contributed by atoms with van der Waals surface area (Å²) in [7, 11) is 2.74. The topological polar surface area (TPSA) is 27.3 Å². The number of nitrogens with zero attached hydrogens (tertiary/aromatic N) is 1. The molecule has 2 N–H and O–H groups in total. The Hall–Kier alpha value is 0.310. The zero-order valence-electron chi connectivity index (χ0n) is 12.6. The van der Waals surface area contributed by atoms with Crippen molar-refractivity contribution in [3.63, 3.8) is 0 Å². The van der Waals surface area contributed by atoms with Crippen LogP contribution in [0.5, 0.6) is 0 Å². The Bertz CT molecular complexity index is 141. The molecule has 0 aromatic carbocycles. The van der Waals surface area contributed by atoms with Gasteiger partial charge in [-0.15, -0.1) is 0 Å². The Morgan fingerprint density at radius 2 is 0.895 bits per heavy atom. The molecule has 3 fully saturated rings. The lowest BCUT2D eigenvalue weighted by atomic mass is 10.2. The van der Waals surface area contributed by atoms with Crippen molar-refractivity contribution in [3.05, 3.63) is 0 Å². The molecule has 3 nitrogen and oxygen atoms in total. The highest BCUT2D eigenvalue weighted by Crippen LogP contribution is 2.11. The van der Waals surface area contributed by atoms with Crippen LogP contribution in [0.25, 0.3) is 0 Å². The van der Waals surface area contributed by atoms with E-state index in [4.69, 9.17) is 0 Å². The molecule has 0 spiro atoms. The van der Waals surface area contributed by atoms with Gasteiger partial charge < -0.3 is 10.6 Å². The maximum Gasteiger partial charge on any atom is 0.00161 e. The fourth-order valence-electron chi connectivity index (χ4n) is 2.52. The Morgan fingerprint density at radius 3 is 1.05 bits per heavy atom. The maximum absolute atomic E-state index is 3.28. The molecule has 3 rings (SSSR count). The van der Waals surface area contributed by atoms with E-state index in [9.17, 15) is 0 Å². The van der Waals surface area contributed by atoms with E-state index in [1.54, 1.807) is 0 Å². The molecule has 3 aliphatic rings. The van der Waals surface area contributed by atoms with Crippen molar-refractivity contribution in [2.45, 2.75) is 57.8 Å². The molecule has 0 radical (unpaired) electrons. The molecule has 0 aliphatic carbocycles. The van der Waals surface area contributed by atoms with Crippen LogP contribution in [0, 0.1) is 0 Å². The van der Waals surface area contributed by atoms with Crippen LogP contribution in [0.2, 0.25) is 0 Å². The lowest BCUT2D eigenvalue weighted by Crippen LogP contribution is -2.21. The Morgan fingerprint density at radius 1 is 0.526 bits per heavy atom. The molecule has 114 valence electrons.